The summed E-state index contributed by atoms with van der Waals surface area (Å²) in [5.41, 5.74) is 0.655. The number of anilines is 1. The number of benzene rings is 1. The van der Waals surface area contributed by atoms with Crippen LogP contribution in [0, 0.1) is 5.92 Å². The fourth-order valence-electron chi connectivity index (χ4n) is 3.61. The Kier molecular flexibility index (Phi) is 5.11. The molecule has 0 saturated carbocycles. The van der Waals surface area contributed by atoms with E-state index in [2.05, 4.69) is 15.6 Å². The number of nitrogens with zero attached hydrogens (tertiary/aromatic N) is 2. The highest BCUT2D eigenvalue weighted by Gasteiger charge is 2.31. The number of hydrogen-bond donors (Lipinski definition) is 2. The van der Waals surface area contributed by atoms with E-state index in [0.717, 1.165) is 31.8 Å². The van der Waals surface area contributed by atoms with Crippen molar-refractivity contribution in [2.24, 2.45) is 5.92 Å². The van der Waals surface area contributed by atoms with Gasteiger partial charge in [0.05, 0.1) is 19.0 Å². The Morgan fingerprint density at radius 1 is 1.22 bits per heavy atom. The number of hydrogen-bond acceptors (Lipinski definition) is 5. The van der Waals surface area contributed by atoms with Gasteiger partial charge in [-0.3, -0.25) is 0 Å². The van der Waals surface area contributed by atoms with Gasteiger partial charge in [0.1, 0.15) is 11.5 Å². The van der Waals surface area contributed by atoms with E-state index in [9.17, 15) is 4.79 Å². The second-order valence-electron chi connectivity index (χ2n) is 7.05. The van der Waals surface area contributed by atoms with Gasteiger partial charge in [-0.05, 0) is 43.5 Å². The topological polar surface area (TPSA) is 75.7 Å². The summed E-state index contributed by atoms with van der Waals surface area (Å²) in [5.74, 6) is 2.37. The lowest BCUT2D eigenvalue weighted by atomic mass is 9.97. The van der Waals surface area contributed by atoms with Crippen molar-refractivity contribution in [3.05, 3.63) is 42.6 Å². The highest BCUT2D eigenvalue weighted by molar-refractivity contribution is 5.89. The molecule has 2 unspecified atom stereocenters. The van der Waals surface area contributed by atoms with Crippen molar-refractivity contribution in [3.8, 4) is 17.4 Å². The first-order valence-electron chi connectivity index (χ1n) is 9.27. The van der Waals surface area contributed by atoms with Gasteiger partial charge in [0.15, 0.2) is 0 Å². The zero-order valence-electron chi connectivity index (χ0n) is 15.4. The Labute approximate surface area is 158 Å². The third kappa shape index (κ3) is 4.31. The first-order chi connectivity index (χ1) is 13.2. The zero-order valence-corrected chi connectivity index (χ0v) is 15.4. The van der Waals surface area contributed by atoms with Gasteiger partial charge < -0.3 is 25.0 Å². The molecular formula is C20H24N4O3. The Balaban J connectivity index is 1.36. The van der Waals surface area contributed by atoms with Crippen LogP contribution < -0.4 is 20.1 Å². The second kappa shape index (κ2) is 7.84. The lowest BCUT2D eigenvalue weighted by molar-refractivity contribution is 0.209. The van der Waals surface area contributed by atoms with Crippen molar-refractivity contribution < 1.29 is 14.3 Å². The maximum absolute atomic E-state index is 12.6. The molecule has 1 aromatic heterocycles. The quantitative estimate of drug-likeness (QED) is 0.867. The lowest BCUT2D eigenvalue weighted by Crippen LogP contribution is -2.41. The minimum Gasteiger partial charge on any atom is -0.497 e. The number of ether oxygens (including phenoxy) is 2. The molecule has 27 heavy (non-hydrogen) atoms. The third-order valence-corrected chi connectivity index (χ3v) is 5.08. The predicted octanol–water partition coefficient (Wildman–Crippen LogP) is 3.10. The van der Waals surface area contributed by atoms with Crippen LogP contribution in [-0.2, 0) is 0 Å². The zero-order chi connectivity index (χ0) is 18.6. The monoisotopic (exact) mass is 368 g/mol. The van der Waals surface area contributed by atoms with Crippen LogP contribution in [-0.4, -0.2) is 48.7 Å². The molecule has 3 fully saturated rings. The van der Waals surface area contributed by atoms with Crippen LogP contribution in [0.25, 0.3) is 0 Å². The molecule has 7 heteroatoms. The van der Waals surface area contributed by atoms with Crippen molar-refractivity contribution in [1.29, 1.82) is 0 Å². The molecule has 0 aliphatic carbocycles. The van der Waals surface area contributed by atoms with Gasteiger partial charge in [-0.15, -0.1) is 0 Å². The van der Waals surface area contributed by atoms with E-state index >= 15 is 0 Å². The molecule has 2 N–H and O–H groups in total. The maximum atomic E-state index is 12.6. The number of pyridine rings is 1. The van der Waals surface area contributed by atoms with Gasteiger partial charge >= 0.3 is 6.03 Å². The average molecular weight is 368 g/mol. The first kappa shape index (κ1) is 17.6. The van der Waals surface area contributed by atoms with Crippen LogP contribution in [0.5, 0.6) is 17.4 Å². The normalized spacial score (nSPS) is 21.4. The van der Waals surface area contributed by atoms with E-state index in [0.29, 0.717) is 29.3 Å². The largest absolute Gasteiger partial charge is 0.497 e. The summed E-state index contributed by atoms with van der Waals surface area (Å²) in [6.45, 7) is 2.57. The molecule has 2 atom stereocenters. The summed E-state index contributed by atoms with van der Waals surface area (Å²) in [5, 5.41) is 6.45. The number of methoxy groups -OCH3 is 1. The summed E-state index contributed by atoms with van der Waals surface area (Å²) in [6, 6.07) is 11.2. The standard InChI is InChI=1S/C20H24N4O3/c1-26-17-3-2-4-18(9-17)27-19-8-7-15(11-22-19)23-20(25)24-12-14-5-6-16(13-24)21-10-14/h2-4,7-9,11,14,16,21H,5-6,10,12-13H2,1H3,(H,23,25). The van der Waals surface area contributed by atoms with Crippen molar-refractivity contribution in [2.45, 2.75) is 18.9 Å². The minimum atomic E-state index is -0.0705. The minimum absolute atomic E-state index is 0.0705. The SMILES string of the molecule is COc1cccc(Oc2ccc(NC(=O)N3CC4CCC(C3)NC4)cn2)c1. The summed E-state index contributed by atoms with van der Waals surface area (Å²) in [4.78, 5) is 18.8. The molecule has 2 bridgehead atoms. The summed E-state index contributed by atoms with van der Waals surface area (Å²) >= 11 is 0. The maximum Gasteiger partial charge on any atom is 0.321 e. The van der Waals surface area contributed by atoms with Gasteiger partial charge in [-0.1, -0.05) is 6.07 Å². The molecule has 3 aliphatic heterocycles. The Hall–Kier alpha value is -2.80. The van der Waals surface area contributed by atoms with Crippen LogP contribution in [0.1, 0.15) is 12.8 Å². The number of amides is 2. The van der Waals surface area contributed by atoms with Crippen LogP contribution in [0.15, 0.2) is 42.6 Å². The fourth-order valence-corrected chi connectivity index (χ4v) is 3.61. The van der Waals surface area contributed by atoms with Crippen molar-refractivity contribution in [3.63, 3.8) is 0 Å². The number of piperidine rings is 1. The second-order valence-corrected chi connectivity index (χ2v) is 7.05. The third-order valence-electron chi connectivity index (χ3n) is 5.08. The summed E-state index contributed by atoms with van der Waals surface area (Å²) in [7, 11) is 1.61. The summed E-state index contributed by atoms with van der Waals surface area (Å²) < 4.78 is 10.9. The van der Waals surface area contributed by atoms with Crippen LogP contribution in [0.3, 0.4) is 0 Å². The first-order valence-corrected chi connectivity index (χ1v) is 9.27. The molecule has 4 heterocycles. The smallest absolute Gasteiger partial charge is 0.321 e. The Bertz CT molecular complexity index is 774. The molecule has 2 amide bonds. The highest BCUT2D eigenvalue weighted by Crippen LogP contribution is 2.25. The number of rotatable bonds is 4. The predicted molar refractivity (Wildman–Crippen MR) is 102 cm³/mol. The van der Waals surface area contributed by atoms with Crippen LogP contribution >= 0.6 is 0 Å². The van der Waals surface area contributed by atoms with E-state index in [4.69, 9.17) is 9.47 Å². The molecule has 142 valence electrons. The molecule has 0 radical (unpaired) electrons. The van der Waals surface area contributed by atoms with E-state index in [1.807, 2.05) is 23.1 Å². The van der Waals surface area contributed by atoms with Gasteiger partial charge in [-0.25, -0.2) is 9.78 Å². The summed E-state index contributed by atoms with van der Waals surface area (Å²) in [6.07, 6.45) is 3.95. The molecule has 0 spiro atoms. The van der Waals surface area contributed by atoms with Crippen LogP contribution in [0.2, 0.25) is 0 Å². The number of urea groups is 1. The van der Waals surface area contributed by atoms with E-state index in [1.54, 1.807) is 31.5 Å². The van der Waals surface area contributed by atoms with E-state index in [1.165, 1.54) is 6.42 Å². The van der Waals surface area contributed by atoms with Gasteiger partial charge in [-0.2, -0.15) is 0 Å². The van der Waals surface area contributed by atoms with Crippen molar-refractivity contribution in [2.75, 3.05) is 32.1 Å². The van der Waals surface area contributed by atoms with Crippen molar-refractivity contribution in [1.82, 2.24) is 15.2 Å². The van der Waals surface area contributed by atoms with Gasteiger partial charge in [0.2, 0.25) is 5.88 Å². The van der Waals surface area contributed by atoms with E-state index < -0.39 is 0 Å². The average Bonchev–Trinajstić information content (AvgIpc) is 3.04. The molecule has 3 saturated heterocycles. The highest BCUT2D eigenvalue weighted by atomic mass is 16.5. The fraction of sp³-hybridized carbons (Fsp3) is 0.400. The molecule has 1 aromatic carbocycles. The lowest BCUT2D eigenvalue weighted by Gasteiger charge is -2.23. The number of aromatic nitrogens is 1. The Morgan fingerprint density at radius 2 is 2.11 bits per heavy atom. The van der Waals surface area contributed by atoms with E-state index in [-0.39, 0.29) is 6.03 Å². The number of fused-ring (bicyclic) bond motifs is 4. The Morgan fingerprint density at radius 3 is 2.85 bits per heavy atom. The molecule has 3 aliphatic rings. The van der Waals surface area contributed by atoms with Gasteiger partial charge in [0, 0.05) is 31.3 Å². The number of nitrogens with one attached hydrogen (secondary N) is 2. The number of carbonyl (C=O) groups excluding carboxylic acids is 1. The molecule has 7 nitrogen and oxygen atoms in total. The molecular weight excluding hydrogens is 344 g/mol. The van der Waals surface area contributed by atoms with Crippen molar-refractivity contribution >= 4 is 11.7 Å². The van der Waals surface area contributed by atoms with Gasteiger partial charge in [0.25, 0.3) is 0 Å². The molecule has 5 rings (SSSR count). The number of carbonyl (C=O) groups is 1. The van der Waals surface area contributed by atoms with Crippen LogP contribution in [0.4, 0.5) is 10.5 Å². The molecule has 2 aromatic rings.